The van der Waals surface area contributed by atoms with Gasteiger partial charge in [-0.2, -0.15) is 24.7 Å². The van der Waals surface area contributed by atoms with Crippen molar-refractivity contribution in [3.63, 3.8) is 0 Å². The first-order valence-corrected chi connectivity index (χ1v) is 7.22. The minimum Gasteiger partial charge on any atom is -0.463 e. The number of nitrogen functional groups attached to an aromatic ring is 1. The van der Waals surface area contributed by atoms with Crippen molar-refractivity contribution in [2.45, 2.75) is 39.5 Å². The molecule has 0 amide bonds. The van der Waals surface area contributed by atoms with Crippen LogP contribution in [-0.4, -0.2) is 36.3 Å². The van der Waals surface area contributed by atoms with E-state index in [1.54, 1.807) is 0 Å². The maximum absolute atomic E-state index is 5.68. The van der Waals surface area contributed by atoms with Crippen molar-refractivity contribution >= 4 is 5.95 Å². The lowest BCUT2D eigenvalue weighted by Crippen LogP contribution is -2.15. The average molecular weight is 291 g/mol. The molecule has 0 aromatic carbocycles. The van der Waals surface area contributed by atoms with Crippen molar-refractivity contribution in [1.29, 1.82) is 0 Å². The van der Waals surface area contributed by atoms with Crippen molar-refractivity contribution in [1.82, 2.24) is 29.7 Å². The van der Waals surface area contributed by atoms with E-state index in [4.69, 9.17) is 10.5 Å². The molecule has 0 aliphatic heterocycles. The van der Waals surface area contributed by atoms with Crippen molar-refractivity contribution < 1.29 is 4.74 Å². The zero-order chi connectivity index (χ0) is 15.1. The Morgan fingerprint density at radius 1 is 1.29 bits per heavy atom. The molecule has 8 nitrogen and oxygen atoms in total. The number of nitrogens with two attached hydrogens (primary N) is 1. The third-order valence-corrected chi connectivity index (χ3v) is 3.24. The molecule has 0 saturated heterocycles. The Morgan fingerprint density at radius 2 is 2.14 bits per heavy atom. The second kappa shape index (κ2) is 7.51. The first kappa shape index (κ1) is 15.1. The predicted octanol–water partition coefficient (Wildman–Crippen LogP) is 1.63. The van der Waals surface area contributed by atoms with Crippen LogP contribution in [0.1, 0.15) is 39.5 Å². The van der Waals surface area contributed by atoms with E-state index in [0.717, 1.165) is 12.8 Å². The van der Waals surface area contributed by atoms with Gasteiger partial charge in [0.25, 0.3) is 5.95 Å². The van der Waals surface area contributed by atoms with Gasteiger partial charge in [-0.1, -0.05) is 33.1 Å². The highest BCUT2D eigenvalue weighted by Crippen LogP contribution is 2.15. The molecule has 2 aromatic rings. The zero-order valence-corrected chi connectivity index (χ0v) is 12.4. The molecule has 0 fully saturated rings. The Hall–Kier alpha value is -2.25. The number of ether oxygens (including phenoxy) is 1. The lowest BCUT2D eigenvalue weighted by molar-refractivity contribution is 0.217. The molecule has 2 rings (SSSR count). The highest BCUT2D eigenvalue weighted by atomic mass is 16.5. The summed E-state index contributed by atoms with van der Waals surface area (Å²) < 4.78 is 7.09. The van der Waals surface area contributed by atoms with Gasteiger partial charge in [0.1, 0.15) is 12.7 Å². The quantitative estimate of drug-likeness (QED) is 0.788. The van der Waals surface area contributed by atoms with Gasteiger partial charge in [-0.3, -0.25) is 0 Å². The van der Waals surface area contributed by atoms with Gasteiger partial charge < -0.3 is 10.5 Å². The zero-order valence-electron chi connectivity index (χ0n) is 12.4. The Kier molecular flexibility index (Phi) is 5.42. The molecule has 0 radical (unpaired) electrons. The lowest BCUT2D eigenvalue weighted by atomic mass is 10.0. The van der Waals surface area contributed by atoms with Crippen LogP contribution in [0.15, 0.2) is 12.7 Å². The Balaban J connectivity index is 2.03. The number of unbranched alkanes of at least 4 members (excludes halogenated alkanes) is 1. The summed E-state index contributed by atoms with van der Waals surface area (Å²) in [7, 11) is 0. The summed E-state index contributed by atoms with van der Waals surface area (Å²) in [5.74, 6) is 0.904. The second-order valence-corrected chi connectivity index (χ2v) is 4.84. The SMILES string of the molecule is CCCCC(CC)COc1nc(N)nc(-n2cncn2)n1. The smallest absolute Gasteiger partial charge is 0.323 e. The van der Waals surface area contributed by atoms with Gasteiger partial charge in [-0.05, 0) is 12.3 Å². The molecule has 21 heavy (non-hydrogen) atoms. The van der Waals surface area contributed by atoms with Crippen LogP contribution in [0.4, 0.5) is 5.95 Å². The summed E-state index contributed by atoms with van der Waals surface area (Å²) in [4.78, 5) is 16.1. The molecule has 2 aromatic heterocycles. The van der Waals surface area contributed by atoms with Gasteiger partial charge in [0.15, 0.2) is 0 Å². The van der Waals surface area contributed by atoms with Crippen LogP contribution in [0.5, 0.6) is 6.01 Å². The van der Waals surface area contributed by atoms with Gasteiger partial charge in [0.2, 0.25) is 5.95 Å². The fourth-order valence-corrected chi connectivity index (χ4v) is 1.93. The van der Waals surface area contributed by atoms with E-state index < -0.39 is 0 Å². The largest absolute Gasteiger partial charge is 0.463 e. The van der Waals surface area contributed by atoms with Crippen molar-refractivity contribution in [2.75, 3.05) is 12.3 Å². The van der Waals surface area contributed by atoms with E-state index in [9.17, 15) is 0 Å². The Morgan fingerprint density at radius 3 is 2.81 bits per heavy atom. The summed E-state index contributed by atoms with van der Waals surface area (Å²) in [6, 6.07) is 0.225. The van der Waals surface area contributed by atoms with Gasteiger partial charge >= 0.3 is 6.01 Å². The van der Waals surface area contributed by atoms with Crippen LogP contribution in [0.3, 0.4) is 0 Å². The van der Waals surface area contributed by atoms with Crippen LogP contribution >= 0.6 is 0 Å². The van der Waals surface area contributed by atoms with Crippen molar-refractivity contribution in [2.24, 2.45) is 5.92 Å². The Bertz CT molecular complexity index is 543. The van der Waals surface area contributed by atoms with Crippen molar-refractivity contribution in [3.05, 3.63) is 12.7 Å². The third kappa shape index (κ3) is 4.37. The molecule has 0 spiro atoms. The first-order valence-electron chi connectivity index (χ1n) is 7.22. The van der Waals surface area contributed by atoms with Crippen LogP contribution in [0, 0.1) is 5.92 Å². The fraction of sp³-hybridized carbons (Fsp3) is 0.615. The van der Waals surface area contributed by atoms with E-state index in [1.165, 1.54) is 30.2 Å². The first-order chi connectivity index (χ1) is 10.2. The molecular formula is C13H21N7O. The van der Waals surface area contributed by atoms with Gasteiger partial charge in [0.05, 0.1) is 6.61 Å². The van der Waals surface area contributed by atoms with Crippen LogP contribution in [-0.2, 0) is 0 Å². The van der Waals surface area contributed by atoms with Gasteiger partial charge in [-0.25, -0.2) is 4.98 Å². The minimum absolute atomic E-state index is 0.104. The fourth-order valence-electron chi connectivity index (χ4n) is 1.93. The summed E-state index contributed by atoms with van der Waals surface area (Å²) in [5, 5.41) is 3.96. The monoisotopic (exact) mass is 291 g/mol. The molecule has 2 heterocycles. The minimum atomic E-state index is 0.104. The summed E-state index contributed by atoms with van der Waals surface area (Å²) in [5.41, 5.74) is 5.68. The summed E-state index contributed by atoms with van der Waals surface area (Å²) >= 11 is 0. The van der Waals surface area contributed by atoms with Gasteiger partial charge in [-0.15, -0.1) is 0 Å². The van der Waals surface area contributed by atoms with Crippen LogP contribution in [0.2, 0.25) is 0 Å². The maximum Gasteiger partial charge on any atom is 0.323 e. The lowest BCUT2D eigenvalue weighted by Gasteiger charge is -2.14. The topological polar surface area (TPSA) is 105 Å². The average Bonchev–Trinajstić information content (AvgIpc) is 3.01. The van der Waals surface area contributed by atoms with Crippen LogP contribution < -0.4 is 10.5 Å². The molecule has 0 bridgehead atoms. The number of nitrogens with zero attached hydrogens (tertiary/aromatic N) is 6. The third-order valence-electron chi connectivity index (χ3n) is 3.24. The standard InChI is InChI=1S/C13H21N7O/c1-3-5-6-10(4-2)7-21-13-18-11(14)17-12(19-13)20-9-15-8-16-20/h8-10H,3-7H2,1-2H3,(H2,14,17,18,19). The molecule has 8 heteroatoms. The highest BCUT2D eigenvalue weighted by Gasteiger charge is 2.11. The van der Waals surface area contributed by atoms with Gasteiger partial charge in [0, 0.05) is 0 Å². The number of rotatable bonds is 8. The molecular weight excluding hydrogens is 270 g/mol. The normalized spacial score (nSPS) is 12.3. The van der Waals surface area contributed by atoms with E-state index in [-0.39, 0.29) is 12.0 Å². The van der Waals surface area contributed by atoms with Crippen LogP contribution in [0.25, 0.3) is 5.95 Å². The summed E-state index contributed by atoms with van der Waals surface area (Å²) in [6.45, 7) is 4.92. The highest BCUT2D eigenvalue weighted by molar-refractivity contribution is 5.23. The molecule has 0 aliphatic carbocycles. The van der Waals surface area contributed by atoms with E-state index >= 15 is 0 Å². The number of hydrogen-bond acceptors (Lipinski definition) is 7. The van der Waals surface area contributed by atoms with E-state index in [0.29, 0.717) is 18.5 Å². The molecule has 1 unspecified atom stereocenters. The van der Waals surface area contributed by atoms with Crippen molar-refractivity contribution in [3.8, 4) is 12.0 Å². The second-order valence-electron chi connectivity index (χ2n) is 4.84. The summed E-state index contributed by atoms with van der Waals surface area (Å²) in [6.07, 6.45) is 7.49. The number of aromatic nitrogens is 6. The predicted molar refractivity (Wildman–Crippen MR) is 78.0 cm³/mol. The maximum atomic E-state index is 5.68. The molecule has 114 valence electrons. The molecule has 0 aliphatic rings. The number of hydrogen-bond donors (Lipinski definition) is 1. The van der Waals surface area contributed by atoms with E-state index in [1.807, 2.05) is 0 Å². The molecule has 0 saturated carbocycles. The molecule has 1 atom stereocenters. The Labute approximate surface area is 123 Å². The number of anilines is 1. The van der Waals surface area contributed by atoms with E-state index in [2.05, 4.69) is 38.9 Å². The molecule has 2 N–H and O–H groups in total.